The van der Waals surface area contributed by atoms with Crippen molar-refractivity contribution in [1.29, 1.82) is 0 Å². The van der Waals surface area contributed by atoms with Crippen LogP contribution in [-0.4, -0.2) is 37.5 Å². The summed E-state index contributed by atoms with van der Waals surface area (Å²) in [5.41, 5.74) is 6.24. The maximum atomic E-state index is 11.6. The number of hydrogen-bond donors (Lipinski definition) is 2. The second-order valence-corrected chi connectivity index (χ2v) is 3.79. The Morgan fingerprint density at radius 3 is 2.69 bits per heavy atom. The van der Waals surface area contributed by atoms with Crippen LogP contribution >= 0.6 is 0 Å². The van der Waals surface area contributed by atoms with Crippen LogP contribution in [0.2, 0.25) is 0 Å². The van der Waals surface area contributed by atoms with Crippen LogP contribution in [0.4, 0.5) is 5.69 Å². The molecule has 0 atom stereocenters. The predicted octanol–water partition coefficient (Wildman–Crippen LogP) is 0.906. The van der Waals surface area contributed by atoms with E-state index in [1.165, 1.54) is 0 Å². The Kier molecular flexibility index (Phi) is 5.53. The number of para-hydroxylation sites is 1. The van der Waals surface area contributed by atoms with Crippen LogP contribution < -0.4 is 11.1 Å². The quantitative estimate of drug-likeness (QED) is 0.750. The largest absolute Gasteiger partial charge is 0.330 e. The summed E-state index contributed by atoms with van der Waals surface area (Å²) in [4.78, 5) is 13.6. The van der Waals surface area contributed by atoms with Crippen molar-refractivity contribution in [2.45, 2.75) is 6.42 Å². The first-order chi connectivity index (χ1) is 7.72. The van der Waals surface area contributed by atoms with Gasteiger partial charge < -0.3 is 11.1 Å². The number of carbonyl (C=O) groups excluding carboxylic acids is 1. The van der Waals surface area contributed by atoms with Gasteiger partial charge in [-0.1, -0.05) is 18.2 Å². The van der Waals surface area contributed by atoms with Crippen LogP contribution in [0.1, 0.15) is 6.42 Å². The first-order valence-electron chi connectivity index (χ1n) is 5.46. The van der Waals surface area contributed by atoms with Gasteiger partial charge in [-0.25, -0.2) is 0 Å². The van der Waals surface area contributed by atoms with Gasteiger partial charge in [-0.3, -0.25) is 9.69 Å². The number of nitrogens with zero attached hydrogens (tertiary/aromatic N) is 1. The highest BCUT2D eigenvalue weighted by Crippen LogP contribution is 2.04. The number of benzene rings is 1. The first-order valence-corrected chi connectivity index (χ1v) is 5.46. The topological polar surface area (TPSA) is 58.4 Å². The van der Waals surface area contributed by atoms with E-state index in [0.29, 0.717) is 13.1 Å². The van der Waals surface area contributed by atoms with Gasteiger partial charge in [-0.15, -0.1) is 0 Å². The molecule has 0 fully saturated rings. The zero-order chi connectivity index (χ0) is 11.8. The maximum absolute atomic E-state index is 11.6. The van der Waals surface area contributed by atoms with Gasteiger partial charge in [-0.05, 0) is 38.7 Å². The molecule has 0 aromatic heterocycles. The number of hydrogen-bond acceptors (Lipinski definition) is 3. The Morgan fingerprint density at radius 2 is 2.06 bits per heavy atom. The minimum absolute atomic E-state index is 0.00530. The molecule has 0 saturated heterocycles. The molecule has 4 nitrogen and oxygen atoms in total. The number of nitrogens with one attached hydrogen (secondary N) is 1. The molecule has 4 heteroatoms. The molecular formula is C12H19N3O. The summed E-state index contributed by atoms with van der Waals surface area (Å²) in [6.45, 7) is 1.90. The van der Waals surface area contributed by atoms with Gasteiger partial charge in [0.05, 0.1) is 6.54 Å². The number of nitrogens with two attached hydrogens (primary N) is 1. The van der Waals surface area contributed by atoms with Crippen LogP contribution in [0.3, 0.4) is 0 Å². The van der Waals surface area contributed by atoms with Crippen molar-refractivity contribution in [2.24, 2.45) is 5.73 Å². The number of carbonyl (C=O) groups is 1. The van der Waals surface area contributed by atoms with Crippen LogP contribution in [-0.2, 0) is 4.79 Å². The summed E-state index contributed by atoms with van der Waals surface area (Å²) in [6.07, 6.45) is 0.912. The molecule has 16 heavy (non-hydrogen) atoms. The lowest BCUT2D eigenvalue weighted by Gasteiger charge is -2.15. The van der Waals surface area contributed by atoms with Gasteiger partial charge in [0.15, 0.2) is 0 Å². The summed E-state index contributed by atoms with van der Waals surface area (Å²) in [5, 5.41) is 2.84. The highest BCUT2D eigenvalue weighted by atomic mass is 16.2. The van der Waals surface area contributed by atoms with E-state index in [0.717, 1.165) is 18.7 Å². The van der Waals surface area contributed by atoms with Gasteiger partial charge in [0.25, 0.3) is 0 Å². The van der Waals surface area contributed by atoms with Gasteiger partial charge in [0.1, 0.15) is 0 Å². The third-order valence-electron chi connectivity index (χ3n) is 2.22. The highest BCUT2D eigenvalue weighted by Gasteiger charge is 2.05. The van der Waals surface area contributed by atoms with E-state index >= 15 is 0 Å². The Morgan fingerprint density at radius 1 is 1.38 bits per heavy atom. The minimum atomic E-state index is 0.00530. The fraction of sp³-hybridized carbons (Fsp3) is 0.417. The molecule has 0 radical (unpaired) electrons. The van der Waals surface area contributed by atoms with Crippen LogP contribution in [0.25, 0.3) is 0 Å². The van der Waals surface area contributed by atoms with Crippen molar-refractivity contribution < 1.29 is 4.79 Å². The molecule has 0 saturated carbocycles. The van der Waals surface area contributed by atoms with Crippen molar-refractivity contribution in [3.05, 3.63) is 30.3 Å². The molecule has 0 aliphatic carbocycles. The Bertz CT molecular complexity index is 313. The van der Waals surface area contributed by atoms with Crippen molar-refractivity contribution >= 4 is 11.6 Å². The van der Waals surface area contributed by atoms with Crippen molar-refractivity contribution in [3.63, 3.8) is 0 Å². The lowest BCUT2D eigenvalue weighted by atomic mass is 10.3. The van der Waals surface area contributed by atoms with Crippen molar-refractivity contribution in [2.75, 3.05) is 32.0 Å². The summed E-state index contributed by atoms with van der Waals surface area (Å²) < 4.78 is 0. The molecule has 1 rings (SSSR count). The van der Waals surface area contributed by atoms with Crippen LogP contribution in [0.5, 0.6) is 0 Å². The summed E-state index contributed by atoms with van der Waals surface area (Å²) in [7, 11) is 1.92. The van der Waals surface area contributed by atoms with Gasteiger partial charge >= 0.3 is 0 Å². The number of amides is 1. The van der Waals surface area contributed by atoms with E-state index in [4.69, 9.17) is 5.73 Å². The number of rotatable bonds is 6. The van der Waals surface area contributed by atoms with Crippen molar-refractivity contribution in [1.82, 2.24) is 4.90 Å². The third kappa shape index (κ3) is 4.91. The van der Waals surface area contributed by atoms with Gasteiger partial charge in [-0.2, -0.15) is 0 Å². The molecule has 0 aliphatic rings. The summed E-state index contributed by atoms with van der Waals surface area (Å²) in [5.74, 6) is 0.00530. The fourth-order valence-corrected chi connectivity index (χ4v) is 1.41. The molecule has 0 unspecified atom stereocenters. The lowest BCUT2D eigenvalue weighted by Crippen LogP contribution is -2.31. The van der Waals surface area contributed by atoms with Crippen LogP contribution in [0.15, 0.2) is 30.3 Å². The Labute approximate surface area is 96.4 Å². The van der Waals surface area contributed by atoms with Crippen molar-refractivity contribution in [3.8, 4) is 0 Å². The number of likely N-dealkylation sites (N-methyl/N-ethyl adjacent to an activating group) is 1. The maximum Gasteiger partial charge on any atom is 0.238 e. The molecule has 3 N–H and O–H groups in total. The summed E-state index contributed by atoms with van der Waals surface area (Å²) in [6, 6.07) is 9.46. The molecule has 0 aliphatic heterocycles. The molecule has 0 heterocycles. The first kappa shape index (κ1) is 12.7. The second-order valence-electron chi connectivity index (χ2n) is 3.79. The normalized spacial score (nSPS) is 10.4. The third-order valence-corrected chi connectivity index (χ3v) is 2.22. The molecule has 1 aromatic rings. The second kappa shape index (κ2) is 6.98. The van der Waals surface area contributed by atoms with E-state index < -0.39 is 0 Å². The molecular weight excluding hydrogens is 202 g/mol. The zero-order valence-electron chi connectivity index (χ0n) is 9.65. The Hall–Kier alpha value is -1.39. The van der Waals surface area contributed by atoms with Gasteiger partial charge in [0, 0.05) is 5.69 Å². The van der Waals surface area contributed by atoms with E-state index in [2.05, 4.69) is 5.32 Å². The van der Waals surface area contributed by atoms with E-state index in [9.17, 15) is 4.79 Å². The summed E-state index contributed by atoms with van der Waals surface area (Å²) >= 11 is 0. The van der Waals surface area contributed by atoms with Gasteiger partial charge in [0.2, 0.25) is 5.91 Å². The predicted molar refractivity (Wildman–Crippen MR) is 66.2 cm³/mol. The lowest BCUT2D eigenvalue weighted by molar-refractivity contribution is -0.117. The number of anilines is 1. The molecule has 0 bridgehead atoms. The molecule has 88 valence electrons. The SMILES string of the molecule is CN(CCCN)CC(=O)Nc1ccccc1. The van der Waals surface area contributed by atoms with E-state index in [1.54, 1.807) is 0 Å². The molecule has 0 spiro atoms. The van der Waals surface area contributed by atoms with Crippen LogP contribution in [0, 0.1) is 0 Å². The zero-order valence-corrected chi connectivity index (χ0v) is 9.65. The smallest absolute Gasteiger partial charge is 0.238 e. The monoisotopic (exact) mass is 221 g/mol. The Balaban J connectivity index is 2.31. The highest BCUT2D eigenvalue weighted by molar-refractivity contribution is 5.92. The average molecular weight is 221 g/mol. The average Bonchev–Trinajstić information content (AvgIpc) is 2.27. The standard InChI is InChI=1S/C12H19N3O/c1-15(9-5-8-13)10-12(16)14-11-6-3-2-4-7-11/h2-4,6-7H,5,8-10,13H2,1H3,(H,14,16). The van der Waals surface area contributed by atoms with E-state index in [-0.39, 0.29) is 5.91 Å². The molecule has 1 amide bonds. The van der Waals surface area contributed by atoms with E-state index in [1.807, 2.05) is 42.3 Å². The fourth-order valence-electron chi connectivity index (χ4n) is 1.41. The minimum Gasteiger partial charge on any atom is -0.330 e. The molecule has 1 aromatic carbocycles.